The zero-order chi connectivity index (χ0) is 17.0. The van der Waals surface area contributed by atoms with Crippen molar-refractivity contribution >= 4 is 17.3 Å². The fraction of sp³-hybridized carbons (Fsp3) is 0.533. The van der Waals surface area contributed by atoms with Crippen LogP contribution in [0.4, 0.5) is 11.4 Å². The molecule has 0 radical (unpaired) electrons. The minimum atomic E-state index is -0.513. The van der Waals surface area contributed by atoms with E-state index in [4.69, 9.17) is 9.47 Å². The molecule has 23 heavy (non-hydrogen) atoms. The van der Waals surface area contributed by atoms with Crippen LogP contribution in [-0.4, -0.2) is 54.7 Å². The average molecular weight is 323 g/mol. The molecule has 1 aliphatic heterocycles. The summed E-state index contributed by atoms with van der Waals surface area (Å²) in [5.74, 6) is 0.137. The molecule has 0 bridgehead atoms. The molecule has 8 heteroatoms. The number of hydrogen-bond donors (Lipinski definition) is 1. The number of carbonyl (C=O) groups is 1. The van der Waals surface area contributed by atoms with E-state index >= 15 is 0 Å². The first kappa shape index (κ1) is 17.2. The first-order valence-electron chi connectivity index (χ1n) is 7.39. The Morgan fingerprint density at radius 3 is 2.65 bits per heavy atom. The van der Waals surface area contributed by atoms with Crippen molar-refractivity contribution in [1.29, 1.82) is 0 Å². The number of rotatable bonds is 5. The summed E-state index contributed by atoms with van der Waals surface area (Å²) in [6.07, 6.45) is 0.137. The lowest BCUT2D eigenvalue weighted by Crippen LogP contribution is -2.48. The van der Waals surface area contributed by atoms with E-state index in [9.17, 15) is 14.9 Å². The minimum Gasteiger partial charge on any atom is -0.495 e. The quantitative estimate of drug-likeness (QED) is 0.654. The summed E-state index contributed by atoms with van der Waals surface area (Å²) in [5.41, 5.74) is 0.191. The number of nitro benzene ring substituents is 1. The molecule has 0 aliphatic carbocycles. The Morgan fingerprint density at radius 1 is 1.43 bits per heavy atom. The second-order valence-electron chi connectivity index (χ2n) is 5.64. The van der Waals surface area contributed by atoms with Gasteiger partial charge in [0.05, 0.1) is 36.5 Å². The van der Waals surface area contributed by atoms with Crippen molar-refractivity contribution in [1.82, 2.24) is 4.90 Å². The van der Waals surface area contributed by atoms with E-state index in [2.05, 4.69) is 5.32 Å². The van der Waals surface area contributed by atoms with Gasteiger partial charge < -0.3 is 14.8 Å². The van der Waals surface area contributed by atoms with Crippen LogP contribution in [-0.2, 0) is 9.53 Å². The summed E-state index contributed by atoms with van der Waals surface area (Å²) in [7, 11) is 1.45. The number of ether oxygens (including phenoxy) is 2. The summed E-state index contributed by atoms with van der Waals surface area (Å²) in [6.45, 7) is 5.46. The summed E-state index contributed by atoms with van der Waals surface area (Å²) >= 11 is 0. The Labute approximate surface area is 134 Å². The molecule has 1 heterocycles. The van der Waals surface area contributed by atoms with Crippen molar-refractivity contribution in [3.63, 3.8) is 0 Å². The molecule has 1 fully saturated rings. The van der Waals surface area contributed by atoms with E-state index in [-0.39, 0.29) is 30.3 Å². The van der Waals surface area contributed by atoms with Gasteiger partial charge in [-0.05, 0) is 19.9 Å². The number of benzene rings is 1. The predicted octanol–water partition coefficient (Wildman–Crippen LogP) is 1.65. The van der Waals surface area contributed by atoms with E-state index < -0.39 is 4.92 Å². The van der Waals surface area contributed by atoms with Crippen LogP contribution in [0.15, 0.2) is 18.2 Å². The number of nitrogens with zero attached hydrogens (tertiary/aromatic N) is 2. The van der Waals surface area contributed by atoms with Crippen LogP contribution in [0, 0.1) is 10.1 Å². The summed E-state index contributed by atoms with van der Waals surface area (Å²) in [4.78, 5) is 24.6. The lowest BCUT2D eigenvalue weighted by atomic mass is 10.2. The number of nitrogens with one attached hydrogen (secondary N) is 1. The normalized spacial score (nSPS) is 21.7. The van der Waals surface area contributed by atoms with Gasteiger partial charge in [0.1, 0.15) is 5.75 Å². The SMILES string of the molecule is COc1ccc([N+](=O)[O-])cc1NC(=O)CN1CC(C)OC(C)C1. The lowest BCUT2D eigenvalue weighted by molar-refractivity contribution is -0.384. The Morgan fingerprint density at radius 2 is 2.09 bits per heavy atom. The van der Waals surface area contributed by atoms with Gasteiger partial charge in [0.15, 0.2) is 0 Å². The van der Waals surface area contributed by atoms with E-state index in [1.807, 2.05) is 18.7 Å². The van der Waals surface area contributed by atoms with Crippen molar-refractivity contribution in [2.75, 3.05) is 32.1 Å². The second-order valence-corrected chi connectivity index (χ2v) is 5.64. The summed E-state index contributed by atoms with van der Waals surface area (Å²) in [5, 5.41) is 13.5. The van der Waals surface area contributed by atoms with Crippen LogP contribution in [0.1, 0.15) is 13.8 Å². The van der Waals surface area contributed by atoms with E-state index in [0.29, 0.717) is 24.5 Å². The summed E-state index contributed by atoms with van der Waals surface area (Å²) < 4.78 is 10.8. The fourth-order valence-corrected chi connectivity index (χ4v) is 2.71. The van der Waals surface area contributed by atoms with Gasteiger partial charge in [0.25, 0.3) is 5.69 Å². The molecule has 2 rings (SSSR count). The largest absolute Gasteiger partial charge is 0.495 e. The van der Waals surface area contributed by atoms with Gasteiger partial charge in [0.2, 0.25) is 5.91 Å². The van der Waals surface area contributed by atoms with Crippen LogP contribution in [0.25, 0.3) is 0 Å². The second kappa shape index (κ2) is 7.38. The third kappa shape index (κ3) is 4.64. The number of morpholine rings is 1. The molecular weight excluding hydrogens is 302 g/mol. The first-order chi connectivity index (χ1) is 10.9. The van der Waals surface area contributed by atoms with Gasteiger partial charge in [-0.3, -0.25) is 19.8 Å². The number of methoxy groups -OCH3 is 1. The molecule has 0 spiro atoms. The molecule has 1 aliphatic rings. The smallest absolute Gasteiger partial charge is 0.271 e. The molecule has 1 amide bonds. The van der Waals surface area contributed by atoms with E-state index in [0.717, 1.165) is 0 Å². The highest BCUT2D eigenvalue weighted by Gasteiger charge is 2.24. The van der Waals surface area contributed by atoms with Gasteiger partial charge >= 0.3 is 0 Å². The van der Waals surface area contributed by atoms with Crippen molar-refractivity contribution in [2.45, 2.75) is 26.1 Å². The highest BCUT2D eigenvalue weighted by molar-refractivity contribution is 5.94. The maximum Gasteiger partial charge on any atom is 0.271 e. The Bertz CT molecular complexity index is 582. The molecule has 2 unspecified atom stereocenters. The molecule has 1 aromatic rings. The number of amides is 1. The van der Waals surface area contributed by atoms with Crippen molar-refractivity contribution in [3.05, 3.63) is 28.3 Å². The number of hydrogen-bond acceptors (Lipinski definition) is 6. The molecule has 126 valence electrons. The minimum absolute atomic E-state index is 0.0684. The van der Waals surface area contributed by atoms with Gasteiger partial charge in [-0.15, -0.1) is 0 Å². The van der Waals surface area contributed by atoms with Crippen molar-refractivity contribution in [2.24, 2.45) is 0 Å². The first-order valence-corrected chi connectivity index (χ1v) is 7.39. The zero-order valence-corrected chi connectivity index (χ0v) is 13.4. The molecule has 0 saturated carbocycles. The number of carbonyl (C=O) groups excluding carboxylic acids is 1. The van der Waals surface area contributed by atoms with E-state index in [1.165, 1.54) is 25.3 Å². The molecule has 2 atom stereocenters. The molecule has 1 N–H and O–H groups in total. The number of nitro groups is 1. The number of non-ortho nitro benzene ring substituents is 1. The van der Waals surface area contributed by atoms with Crippen molar-refractivity contribution < 1.29 is 19.2 Å². The maximum atomic E-state index is 12.2. The molecule has 1 aromatic carbocycles. The standard InChI is InChI=1S/C15H21N3O5/c1-10-7-17(8-11(2)23-10)9-15(19)16-13-6-12(18(20)21)4-5-14(13)22-3/h4-6,10-11H,7-9H2,1-3H3,(H,16,19). The van der Waals surface area contributed by atoms with Gasteiger partial charge in [-0.25, -0.2) is 0 Å². The monoisotopic (exact) mass is 323 g/mol. The van der Waals surface area contributed by atoms with Crippen LogP contribution in [0.3, 0.4) is 0 Å². The fourth-order valence-electron chi connectivity index (χ4n) is 2.71. The van der Waals surface area contributed by atoms with Gasteiger partial charge in [-0.2, -0.15) is 0 Å². The molecule has 1 saturated heterocycles. The highest BCUT2D eigenvalue weighted by atomic mass is 16.6. The van der Waals surface area contributed by atoms with Crippen molar-refractivity contribution in [3.8, 4) is 5.75 Å². The third-order valence-corrected chi connectivity index (χ3v) is 3.53. The topological polar surface area (TPSA) is 93.9 Å². The zero-order valence-electron chi connectivity index (χ0n) is 13.4. The maximum absolute atomic E-state index is 12.2. The summed E-state index contributed by atoms with van der Waals surface area (Å²) in [6, 6.07) is 4.09. The van der Waals surface area contributed by atoms with Crippen LogP contribution in [0.2, 0.25) is 0 Å². The Kier molecular flexibility index (Phi) is 5.51. The lowest BCUT2D eigenvalue weighted by Gasteiger charge is -2.34. The van der Waals surface area contributed by atoms with Crippen LogP contribution >= 0.6 is 0 Å². The molecular formula is C15H21N3O5. The van der Waals surface area contributed by atoms with E-state index in [1.54, 1.807) is 0 Å². The third-order valence-electron chi connectivity index (χ3n) is 3.53. The Hall–Kier alpha value is -2.19. The van der Waals surface area contributed by atoms with Crippen LogP contribution in [0.5, 0.6) is 5.75 Å². The van der Waals surface area contributed by atoms with Gasteiger partial charge in [-0.1, -0.05) is 0 Å². The average Bonchev–Trinajstić information content (AvgIpc) is 2.45. The number of anilines is 1. The van der Waals surface area contributed by atoms with Gasteiger partial charge in [0, 0.05) is 25.2 Å². The van der Waals surface area contributed by atoms with Crippen LogP contribution < -0.4 is 10.1 Å². The Balaban J connectivity index is 2.04. The predicted molar refractivity (Wildman–Crippen MR) is 84.7 cm³/mol. The highest BCUT2D eigenvalue weighted by Crippen LogP contribution is 2.28. The molecule has 8 nitrogen and oxygen atoms in total. The molecule has 0 aromatic heterocycles.